The fraction of sp³-hybridized carbons (Fsp3) is 0.700. The average Bonchev–Trinajstić information content (AvgIpc) is 2.21. The van der Waals surface area contributed by atoms with Crippen molar-refractivity contribution >= 4 is 18.0 Å². The molecule has 0 rings (SSSR count). The van der Waals surface area contributed by atoms with Gasteiger partial charge in [-0.1, -0.05) is 12.8 Å². The molecule has 0 bridgehead atoms. The second-order valence-corrected chi connectivity index (χ2v) is 3.33. The standard InChI is InChI=1S/C10H17NO4.H2/c1-8(14)10(15)9(11-7-13)5-3-2-4-6-12;/h7,9,12H,2-6H2,1H3,(H,11,13);1H/t9-;/m0./s1. The summed E-state index contributed by atoms with van der Waals surface area (Å²) in [5.74, 6) is -1.11. The van der Waals surface area contributed by atoms with Gasteiger partial charge in [0.05, 0.1) is 6.04 Å². The van der Waals surface area contributed by atoms with E-state index in [4.69, 9.17) is 5.11 Å². The molecule has 0 aliphatic rings. The number of Topliss-reactive ketones (excluding diaryl/α,β-unsaturated/α-hetero) is 2. The Labute approximate surface area is 90.3 Å². The maximum Gasteiger partial charge on any atom is 0.220 e. The lowest BCUT2D eigenvalue weighted by molar-refractivity contribution is -0.137. The quantitative estimate of drug-likeness (QED) is 0.325. The fourth-order valence-electron chi connectivity index (χ4n) is 1.25. The Morgan fingerprint density at radius 2 is 2.07 bits per heavy atom. The van der Waals surface area contributed by atoms with Gasteiger partial charge in [0.25, 0.3) is 0 Å². The van der Waals surface area contributed by atoms with Crippen LogP contribution in [0.25, 0.3) is 0 Å². The molecule has 1 amide bonds. The Bertz CT molecular complexity index is 233. The van der Waals surface area contributed by atoms with Crippen molar-refractivity contribution < 1.29 is 20.9 Å². The molecule has 0 radical (unpaired) electrons. The molecule has 0 aliphatic heterocycles. The zero-order valence-corrected chi connectivity index (χ0v) is 8.86. The van der Waals surface area contributed by atoms with Gasteiger partial charge in [-0.25, -0.2) is 0 Å². The maximum absolute atomic E-state index is 11.3. The molecule has 15 heavy (non-hydrogen) atoms. The van der Waals surface area contributed by atoms with E-state index in [1.165, 1.54) is 6.92 Å². The van der Waals surface area contributed by atoms with Crippen molar-refractivity contribution in [3.8, 4) is 0 Å². The van der Waals surface area contributed by atoms with Gasteiger partial charge in [0.1, 0.15) is 0 Å². The third kappa shape index (κ3) is 5.96. The van der Waals surface area contributed by atoms with Crippen molar-refractivity contribution in [2.75, 3.05) is 6.61 Å². The molecule has 0 aromatic carbocycles. The molecule has 1 atom stereocenters. The van der Waals surface area contributed by atoms with E-state index >= 15 is 0 Å². The zero-order chi connectivity index (χ0) is 11.7. The van der Waals surface area contributed by atoms with Crippen LogP contribution in [0.1, 0.15) is 34.0 Å². The minimum Gasteiger partial charge on any atom is -0.396 e. The lowest BCUT2D eigenvalue weighted by Crippen LogP contribution is -2.39. The molecule has 0 heterocycles. The summed E-state index contributed by atoms with van der Waals surface area (Å²) in [4.78, 5) is 32.3. The fourth-order valence-corrected chi connectivity index (χ4v) is 1.25. The first kappa shape index (κ1) is 13.8. The molecule has 5 heteroatoms. The monoisotopic (exact) mass is 217 g/mol. The lowest BCUT2D eigenvalue weighted by Gasteiger charge is -2.12. The molecule has 0 unspecified atom stereocenters. The summed E-state index contributed by atoms with van der Waals surface area (Å²) >= 11 is 0. The topological polar surface area (TPSA) is 83.5 Å². The second-order valence-electron chi connectivity index (χ2n) is 3.33. The molecule has 0 aromatic heterocycles. The lowest BCUT2D eigenvalue weighted by atomic mass is 10.0. The van der Waals surface area contributed by atoms with E-state index in [0.29, 0.717) is 25.7 Å². The molecule has 88 valence electrons. The molecule has 5 nitrogen and oxygen atoms in total. The summed E-state index contributed by atoms with van der Waals surface area (Å²) in [6, 6.07) is -0.710. The van der Waals surface area contributed by atoms with Gasteiger partial charge in [0.2, 0.25) is 12.2 Å². The molecule has 0 spiro atoms. The number of unbranched alkanes of at least 4 members (excludes halogenated alkanes) is 2. The van der Waals surface area contributed by atoms with Gasteiger partial charge in [-0.15, -0.1) is 0 Å². The van der Waals surface area contributed by atoms with E-state index in [1.807, 2.05) is 0 Å². The van der Waals surface area contributed by atoms with Crippen molar-refractivity contribution in [3.63, 3.8) is 0 Å². The highest BCUT2D eigenvalue weighted by atomic mass is 16.3. The van der Waals surface area contributed by atoms with Gasteiger partial charge in [0.15, 0.2) is 5.78 Å². The van der Waals surface area contributed by atoms with Crippen LogP contribution in [0.2, 0.25) is 0 Å². The summed E-state index contributed by atoms with van der Waals surface area (Å²) in [6.45, 7) is 1.31. The molecule has 2 N–H and O–H groups in total. The van der Waals surface area contributed by atoms with Gasteiger partial charge in [0, 0.05) is 15.0 Å². The van der Waals surface area contributed by atoms with E-state index in [2.05, 4.69) is 5.32 Å². The number of nitrogens with one attached hydrogen (secondary N) is 1. The van der Waals surface area contributed by atoms with E-state index in [-0.39, 0.29) is 8.03 Å². The highest BCUT2D eigenvalue weighted by molar-refractivity contribution is 6.38. The Balaban J connectivity index is 0. The van der Waals surface area contributed by atoms with Crippen molar-refractivity contribution in [2.45, 2.75) is 38.6 Å². The number of carbonyl (C=O) groups excluding carboxylic acids is 3. The number of hydrogen-bond donors (Lipinski definition) is 2. The van der Waals surface area contributed by atoms with Crippen LogP contribution in [-0.4, -0.2) is 35.7 Å². The van der Waals surface area contributed by atoms with Crippen LogP contribution in [0.5, 0.6) is 0 Å². The molecular weight excluding hydrogens is 198 g/mol. The number of rotatable bonds is 9. The van der Waals surface area contributed by atoms with Gasteiger partial charge in [-0.2, -0.15) is 0 Å². The van der Waals surface area contributed by atoms with Crippen LogP contribution < -0.4 is 5.32 Å². The van der Waals surface area contributed by atoms with Crippen LogP contribution in [-0.2, 0) is 14.4 Å². The summed E-state index contributed by atoms with van der Waals surface area (Å²) in [7, 11) is 0. The predicted molar refractivity (Wildman–Crippen MR) is 56.3 cm³/mol. The predicted octanol–water partition coefficient (Wildman–Crippen LogP) is 0.0578. The van der Waals surface area contributed by atoms with Crippen molar-refractivity contribution in [3.05, 3.63) is 0 Å². The summed E-state index contributed by atoms with van der Waals surface area (Å²) < 4.78 is 0. The minimum atomic E-state index is -0.710. The van der Waals surface area contributed by atoms with Crippen LogP contribution >= 0.6 is 0 Å². The van der Waals surface area contributed by atoms with Gasteiger partial charge >= 0.3 is 0 Å². The molecular formula is C10H19NO4. The first-order valence-electron chi connectivity index (χ1n) is 4.98. The Morgan fingerprint density at radius 3 is 2.53 bits per heavy atom. The van der Waals surface area contributed by atoms with Crippen molar-refractivity contribution in [1.29, 1.82) is 0 Å². The molecule has 0 fully saturated rings. The number of ketones is 2. The van der Waals surface area contributed by atoms with Gasteiger partial charge in [-0.3, -0.25) is 14.4 Å². The molecule has 0 aromatic rings. The van der Waals surface area contributed by atoms with Gasteiger partial charge in [-0.05, 0) is 12.8 Å². The SMILES string of the molecule is CC(=O)C(=O)[C@H](CCCCCO)NC=O.[HH]. The van der Waals surface area contributed by atoms with Crippen LogP contribution in [0.3, 0.4) is 0 Å². The summed E-state index contributed by atoms with van der Waals surface area (Å²) in [5.41, 5.74) is 0. The number of hydrogen-bond acceptors (Lipinski definition) is 4. The maximum atomic E-state index is 11.3. The Morgan fingerprint density at radius 1 is 1.40 bits per heavy atom. The van der Waals surface area contributed by atoms with E-state index in [9.17, 15) is 14.4 Å². The van der Waals surface area contributed by atoms with Crippen molar-refractivity contribution in [2.24, 2.45) is 0 Å². The number of carbonyl (C=O) groups is 3. The number of amides is 1. The summed E-state index contributed by atoms with van der Waals surface area (Å²) in [5, 5.41) is 10.9. The molecule has 0 saturated carbocycles. The van der Waals surface area contributed by atoms with Crippen LogP contribution in [0.15, 0.2) is 0 Å². The van der Waals surface area contributed by atoms with Crippen LogP contribution in [0.4, 0.5) is 0 Å². The second kappa shape index (κ2) is 8.11. The minimum absolute atomic E-state index is 0. The van der Waals surface area contributed by atoms with Crippen molar-refractivity contribution in [1.82, 2.24) is 5.32 Å². The zero-order valence-electron chi connectivity index (χ0n) is 8.86. The van der Waals surface area contributed by atoms with Crippen LogP contribution in [0, 0.1) is 0 Å². The molecule has 0 aliphatic carbocycles. The normalized spacial score (nSPS) is 11.9. The highest BCUT2D eigenvalue weighted by Crippen LogP contribution is 2.04. The molecule has 0 saturated heterocycles. The average molecular weight is 217 g/mol. The number of aliphatic hydroxyl groups is 1. The Kier molecular flexibility index (Phi) is 7.44. The first-order chi connectivity index (χ1) is 7.13. The largest absolute Gasteiger partial charge is 0.396 e. The van der Waals surface area contributed by atoms with Gasteiger partial charge < -0.3 is 10.4 Å². The third-order valence-electron chi connectivity index (χ3n) is 2.08. The highest BCUT2D eigenvalue weighted by Gasteiger charge is 2.20. The van der Waals surface area contributed by atoms with E-state index in [1.54, 1.807) is 0 Å². The van der Waals surface area contributed by atoms with E-state index in [0.717, 1.165) is 6.42 Å². The summed E-state index contributed by atoms with van der Waals surface area (Å²) in [6.07, 6.45) is 3.01. The third-order valence-corrected chi connectivity index (χ3v) is 2.08. The number of aliphatic hydroxyl groups excluding tert-OH is 1. The Hall–Kier alpha value is -1.23. The van der Waals surface area contributed by atoms with E-state index < -0.39 is 17.6 Å². The first-order valence-corrected chi connectivity index (χ1v) is 4.98. The smallest absolute Gasteiger partial charge is 0.220 e.